The van der Waals surface area contributed by atoms with Crippen molar-refractivity contribution in [1.82, 2.24) is 15.5 Å². The molecule has 0 unspecified atom stereocenters. The molecule has 166 valence electrons. The Morgan fingerprint density at radius 3 is 2.45 bits per heavy atom. The minimum atomic E-state index is -0.0666. The Morgan fingerprint density at radius 1 is 0.968 bits per heavy atom. The van der Waals surface area contributed by atoms with Crippen molar-refractivity contribution in [2.24, 2.45) is 5.92 Å². The van der Waals surface area contributed by atoms with Crippen molar-refractivity contribution in [3.05, 3.63) is 64.1 Å². The second-order valence-corrected chi connectivity index (χ2v) is 9.32. The van der Waals surface area contributed by atoms with Gasteiger partial charge in [0.1, 0.15) is 0 Å². The molecular weight excluding hydrogens is 431 g/mol. The first kappa shape index (κ1) is 22.3. The number of hydrogen-bond donors (Lipinski definition) is 2. The number of urea groups is 1. The van der Waals surface area contributed by atoms with Gasteiger partial charge in [-0.3, -0.25) is 4.90 Å². The summed E-state index contributed by atoms with van der Waals surface area (Å²) in [5.74, 6) is 0.708. The second-order valence-electron chi connectivity index (χ2n) is 8.54. The molecule has 1 heterocycles. The number of nitrogens with zero attached hydrogens (tertiary/aromatic N) is 2. The van der Waals surface area contributed by atoms with Crippen LogP contribution < -0.4 is 15.5 Å². The average molecular weight is 461 g/mol. The van der Waals surface area contributed by atoms with Crippen LogP contribution in [0.5, 0.6) is 0 Å². The zero-order valence-electron chi connectivity index (χ0n) is 17.7. The summed E-state index contributed by atoms with van der Waals surface area (Å²) in [5, 5.41) is 7.30. The zero-order valence-corrected chi connectivity index (χ0v) is 19.2. The molecule has 2 aliphatic rings. The van der Waals surface area contributed by atoms with Crippen molar-refractivity contribution in [1.29, 1.82) is 0 Å². The zero-order chi connectivity index (χ0) is 21.6. The largest absolute Gasteiger partial charge is 0.368 e. The predicted octanol–water partition coefficient (Wildman–Crippen LogP) is 4.78. The number of nitrogens with one attached hydrogen (secondary N) is 2. The van der Waals surface area contributed by atoms with Crippen LogP contribution >= 0.6 is 23.2 Å². The van der Waals surface area contributed by atoms with Crippen molar-refractivity contribution in [3.8, 4) is 0 Å². The van der Waals surface area contributed by atoms with E-state index in [9.17, 15) is 4.79 Å². The predicted molar refractivity (Wildman–Crippen MR) is 128 cm³/mol. The molecule has 0 aromatic heterocycles. The van der Waals surface area contributed by atoms with E-state index in [0.717, 1.165) is 56.8 Å². The minimum Gasteiger partial charge on any atom is -0.368 e. The number of rotatable bonds is 7. The van der Waals surface area contributed by atoms with E-state index in [4.69, 9.17) is 23.2 Å². The molecule has 0 radical (unpaired) electrons. The molecule has 7 heteroatoms. The molecule has 1 aliphatic heterocycles. The molecule has 2 aromatic rings. The molecule has 5 nitrogen and oxygen atoms in total. The van der Waals surface area contributed by atoms with Gasteiger partial charge in [-0.05, 0) is 49.4 Å². The molecule has 4 rings (SSSR count). The molecule has 31 heavy (non-hydrogen) atoms. The Labute approximate surface area is 194 Å². The van der Waals surface area contributed by atoms with Crippen LogP contribution in [0.4, 0.5) is 10.5 Å². The molecule has 1 saturated carbocycles. The number of hydrogen-bond acceptors (Lipinski definition) is 3. The topological polar surface area (TPSA) is 47.6 Å². The van der Waals surface area contributed by atoms with E-state index < -0.39 is 0 Å². The number of benzene rings is 2. The van der Waals surface area contributed by atoms with Crippen LogP contribution in [-0.4, -0.2) is 49.7 Å². The van der Waals surface area contributed by atoms with Gasteiger partial charge in [0.05, 0.1) is 15.7 Å². The third-order valence-electron chi connectivity index (χ3n) is 6.36. The molecule has 2 N–H and O–H groups in total. The molecule has 0 atom stereocenters. The molecule has 2 amide bonds. The number of carbonyl (C=O) groups excluding carboxylic acids is 1. The number of halogens is 2. The fourth-order valence-corrected chi connectivity index (χ4v) is 4.83. The molecule has 2 aromatic carbocycles. The Bertz CT molecular complexity index is 865. The summed E-state index contributed by atoms with van der Waals surface area (Å²) >= 11 is 12.5. The van der Waals surface area contributed by atoms with Crippen molar-refractivity contribution >= 4 is 34.9 Å². The molecule has 0 spiro atoms. The molecule has 0 bridgehead atoms. The highest BCUT2D eigenvalue weighted by Crippen LogP contribution is 2.33. The van der Waals surface area contributed by atoms with Crippen LogP contribution in [-0.2, 0) is 6.54 Å². The van der Waals surface area contributed by atoms with E-state index in [0.29, 0.717) is 28.5 Å². The monoisotopic (exact) mass is 460 g/mol. The van der Waals surface area contributed by atoms with Crippen molar-refractivity contribution in [2.45, 2.75) is 31.8 Å². The van der Waals surface area contributed by atoms with E-state index >= 15 is 0 Å². The average Bonchev–Trinajstić information content (AvgIpc) is 2.77. The number of carbonyl (C=O) groups is 1. The highest BCUT2D eigenvalue weighted by Gasteiger charge is 2.30. The fourth-order valence-electron chi connectivity index (χ4n) is 4.42. The summed E-state index contributed by atoms with van der Waals surface area (Å²) in [6, 6.07) is 16.1. The minimum absolute atomic E-state index is 0.0666. The fraction of sp³-hybridized carbons (Fsp3) is 0.458. The normalized spacial score (nSPS) is 21.4. The van der Waals surface area contributed by atoms with Gasteiger partial charge < -0.3 is 15.5 Å². The van der Waals surface area contributed by atoms with E-state index in [2.05, 4.69) is 20.4 Å². The van der Waals surface area contributed by atoms with Gasteiger partial charge in [-0.25, -0.2) is 4.79 Å². The van der Waals surface area contributed by atoms with Crippen LogP contribution in [0, 0.1) is 5.92 Å². The molecule has 1 saturated heterocycles. The molecular formula is C24H30Cl2N4O. The summed E-state index contributed by atoms with van der Waals surface area (Å²) in [5.41, 5.74) is 2.15. The van der Waals surface area contributed by atoms with Crippen LogP contribution in [0.15, 0.2) is 48.5 Å². The van der Waals surface area contributed by atoms with Crippen molar-refractivity contribution in [2.75, 3.05) is 37.6 Å². The van der Waals surface area contributed by atoms with E-state index in [1.807, 2.05) is 48.5 Å². The Kier molecular flexibility index (Phi) is 7.59. The first-order valence-electron chi connectivity index (χ1n) is 11.1. The SMILES string of the molecule is O=C(NCc1ccccc1)N[C@H]1C[C@H](CCN2CCN(c3cccc(Cl)c3Cl)CC2)C1. The Balaban J connectivity index is 1.10. The summed E-state index contributed by atoms with van der Waals surface area (Å²) in [6.45, 7) is 5.70. The highest BCUT2D eigenvalue weighted by atomic mass is 35.5. The maximum absolute atomic E-state index is 12.1. The Morgan fingerprint density at radius 2 is 1.71 bits per heavy atom. The number of anilines is 1. The maximum atomic E-state index is 12.1. The molecule has 1 aliphatic carbocycles. The van der Waals surface area contributed by atoms with Gasteiger partial charge in [0, 0.05) is 38.8 Å². The van der Waals surface area contributed by atoms with E-state index in [1.54, 1.807) is 0 Å². The summed E-state index contributed by atoms with van der Waals surface area (Å²) in [7, 11) is 0. The van der Waals surface area contributed by atoms with Gasteiger partial charge in [0.25, 0.3) is 0 Å². The van der Waals surface area contributed by atoms with E-state index in [1.165, 1.54) is 6.42 Å². The maximum Gasteiger partial charge on any atom is 0.315 e. The lowest BCUT2D eigenvalue weighted by molar-refractivity contribution is 0.169. The van der Waals surface area contributed by atoms with Crippen LogP contribution in [0.3, 0.4) is 0 Å². The molecule has 2 fully saturated rings. The quantitative estimate of drug-likeness (QED) is 0.624. The smallest absolute Gasteiger partial charge is 0.315 e. The lowest BCUT2D eigenvalue weighted by Crippen LogP contribution is -2.50. The van der Waals surface area contributed by atoms with Gasteiger partial charge in [0.2, 0.25) is 0 Å². The first-order valence-corrected chi connectivity index (χ1v) is 11.8. The van der Waals surface area contributed by atoms with Gasteiger partial charge >= 0.3 is 6.03 Å². The Hall–Kier alpha value is -1.95. The van der Waals surface area contributed by atoms with Crippen LogP contribution in [0.1, 0.15) is 24.8 Å². The van der Waals surface area contributed by atoms with Gasteiger partial charge in [-0.1, -0.05) is 59.6 Å². The third kappa shape index (κ3) is 6.06. The lowest BCUT2D eigenvalue weighted by atomic mass is 9.78. The van der Waals surface area contributed by atoms with Gasteiger partial charge in [0.15, 0.2) is 0 Å². The van der Waals surface area contributed by atoms with Gasteiger partial charge in [-0.15, -0.1) is 0 Å². The van der Waals surface area contributed by atoms with Crippen molar-refractivity contribution in [3.63, 3.8) is 0 Å². The third-order valence-corrected chi connectivity index (χ3v) is 7.17. The van der Waals surface area contributed by atoms with Crippen LogP contribution in [0.25, 0.3) is 0 Å². The lowest BCUT2D eigenvalue weighted by Gasteiger charge is -2.39. The number of piperazine rings is 1. The first-order chi connectivity index (χ1) is 15.1. The van der Waals surface area contributed by atoms with E-state index in [-0.39, 0.29) is 6.03 Å². The van der Waals surface area contributed by atoms with Crippen LogP contribution in [0.2, 0.25) is 10.0 Å². The summed E-state index contributed by atoms with van der Waals surface area (Å²) in [6.07, 6.45) is 3.36. The van der Waals surface area contributed by atoms with Crippen molar-refractivity contribution < 1.29 is 4.79 Å². The summed E-state index contributed by atoms with van der Waals surface area (Å²) in [4.78, 5) is 16.9. The number of amides is 2. The summed E-state index contributed by atoms with van der Waals surface area (Å²) < 4.78 is 0. The van der Waals surface area contributed by atoms with Gasteiger partial charge in [-0.2, -0.15) is 0 Å². The standard InChI is InChI=1S/C24H30Cl2N4O/c25-21-7-4-8-22(23(21)26)30-13-11-29(12-14-30)10-9-19-15-20(16-19)28-24(31)27-17-18-5-2-1-3-6-18/h1-8,19-20H,9-17H2,(H2,27,28,31)/t19-,20-. The second kappa shape index (κ2) is 10.6. The highest BCUT2D eigenvalue weighted by molar-refractivity contribution is 6.43.